The molecular formula is C30H34N6O7. The average molecular weight is 591 g/mol. The normalized spacial score (nSPS) is 20.4. The van der Waals surface area contributed by atoms with Crippen LogP contribution in [0.25, 0.3) is 0 Å². The second-order valence-electron chi connectivity index (χ2n) is 10.6. The van der Waals surface area contributed by atoms with Gasteiger partial charge in [-0.15, -0.1) is 0 Å². The van der Waals surface area contributed by atoms with Crippen molar-refractivity contribution < 1.29 is 33.3 Å². The van der Waals surface area contributed by atoms with Gasteiger partial charge in [0.2, 0.25) is 0 Å². The molecule has 2 atom stereocenters. The Morgan fingerprint density at radius 2 is 1.93 bits per heavy atom. The van der Waals surface area contributed by atoms with Crippen LogP contribution in [0.3, 0.4) is 0 Å². The van der Waals surface area contributed by atoms with E-state index in [0.29, 0.717) is 28.7 Å². The number of imidazole rings is 1. The fraction of sp³-hybridized carbons (Fsp3) is 0.400. The predicted molar refractivity (Wildman–Crippen MR) is 154 cm³/mol. The zero-order chi connectivity index (χ0) is 29.9. The summed E-state index contributed by atoms with van der Waals surface area (Å²) in [6.45, 7) is 2.79. The number of carbonyl (C=O) groups is 3. The number of rotatable bonds is 3. The van der Waals surface area contributed by atoms with E-state index in [2.05, 4.69) is 20.9 Å². The lowest BCUT2D eigenvalue weighted by molar-refractivity contribution is -0.123. The molecule has 1 fully saturated rings. The smallest absolute Gasteiger partial charge is 0.274 e. The van der Waals surface area contributed by atoms with Crippen molar-refractivity contribution in [2.24, 2.45) is 0 Å². The summed E-state index contributed by atoms with van der Waals surface area (Å²) in [6, 6.07) is 9.50. The molecule has 2 aromatic carbocycles. The largest absolute Gasteiger partial charge is 0.497 e. The molecule has 3 aromatic rings. The van der Waals surface area contributed by atoms with Crippen molar-refractivity contribution in [1.82, 2.24) is 30.4 Å². The van der Waals surface area contributed by atoms with Gasteiger partial charge in [0.05, 0.1) is 26.8 Å². The first kappa shape index (κ1) is 28.3. The Labute approximate surface area is 248 Å². The van der Waals surface area contributed by atoms with Gasteiger partial charge in [-0.3, -0.25) is 14.4 Å². The molecule has 0 aliphatic carbocycles. The first-order valence-corrected chi connectivity index (χ1v) is 14.2. The molecule has 13 nitrogen and oxygen atoms in total. The molecule has 13 heteroatoms. The van der Waals surface area contributed by atoms with Crippen molar-refractivity contribution in [1.29, 1.82) is 0 Å². The van der Waals surface area contributed by atoms with Crippen molar-refractivity contribution in [3.8, 4) is 23.0 Å². The number of ether oxygens (including phenoxy) is 4. The van der Waals surface area contributed by atoms with Gasteiger partial charge in [-0.1, -0.05) is 0 Å². The van der Waals surface area contributed by atoms with E-state index in [9.17, 15) is 14.4 Å². The fourth-order valence-electron chi connectivity index (χ4n) is 5.50. The summed E-state index contributed by atoms with van der Waals surface area (Å²) >= 11 is 0. The number of hydrogen-bond donors (Lipinski definition) is 3. The molecule has 0 unspecified atom stereocenters. The fourth-order valence-corrected chi connectivity index (χ4v) is 5.50. The molecule has 7 rings (SSSR count). The SMILES string of the molecule is COc1cc2cc(c1)C(=O)N[C@H]1CN(C(=O)c3cn4c(n3)CCNCC4)C[C@@H]1Oc1ccc(c(OC)c1)CNC(=O)CO2. The van der Waals surface area contributed by atoms with Crippen LogP contribution < -0.4 is 34.9 Å². The lowest BCUT2D eigenvalue weighted by atomic mass is 10.1. The van der Waals surface area contributed by atoms with Crippen LogP contribution in [0.1, 0.15) is 32.2 Å². The number of amides is 3. The molecule has 1 saturated heterocycles. The third-order valence-corrected chi connectivity index (χ3v) is 7.77. The number of fused-ring (bicyclic) bond motifs is 8. The second kappa shape index (κ2) is 12.2. The van der Waals surface area contributed by atoms with Crippen molar-refractivity contribution in [2.45, 2.75) is 31.7 Å². The third kappa shape index (κ3) is 6.21. The van der Waals surface area contributed by atoms with E-state index in [1.807, 2.05) is 4.57 Å². The van der Waals surface area contributed by atoms with Gasteiger partial charge in [0.1, 0.15) is 40.6 Å². The number of nitrogens with one attached hydrogen (secondary N) is 3. The maximum Gasteiger partial charge on any atom is 0.274 e. The highest BCUT2D eigenvalue weighted by molar-refractivity contribution is 5.96. The quantitative estimate of drug-likeness (QED) is 0.403. The van der Waals surface area contributed by atoms with Gasteiger partial charge < -0.3 is 44.4 Å². The van der Waals surface area contributed by atoms with E-state index < -0.39 is 18.1 Å². The minimum Gasteiger partial charge on any atom is -0.497 e. The standard InChI is InChI=1S/C30H34N6O7/c1-40-21-9-19-10-22(11-21)42-17-28(37)32-13-18-3-4-20(12-25(18)41-2)43-26-16-36(14-23(26)34-29(19)38)30(39)24-15-35-8-7-31-6-5-27(35)33-24/h3-4,9-12,15,23,26,31H,5-8,13-14,16-17H2,1-2H3,(H,32,37)(H,34,38)/t23-,26-/m0/s1. The van der Waals surface area contributed by atoms with E-state index >= 15 is 0 Å². The van der Waals surface area contributed by atoms with E-state index in [1.165, 1.54) is 14.2 Å². The van der Waals surface area contributed by atoms with E-state index in [-0.39, 0.29) is 43.6 Å². The Balaban J connectivity index is 1.31. The number of hydrogen-bond acceptors (Lipinski definition) is 9. The molecule has 0 spiro atoms. The van der Waals surface area contributed by atoms with Gasteiger partial charge in [0.15, 0.2) is 6.61 Å². The number of likely N-dealkylation sites (tertiary alicyclic amines) is 1. The van der Waals surface area contributed by atoms with Gasteiger partial charge in [0, 0.05) is 68.6 Å². The van der Waals surface area contributed by atoms with Crippen LogP contribution >= 0.6 is 0 Å². The van der Waals surface area contributed by atoms with Crippen LogP contribution in [0.4, 0.5) is 0 Å². The second-order valence-corrected chi connectivity index (χ2v) is 10.6. The van der Waals surface area contributed by atoms with Crippen LogP contribution in [0, 0.1) is 0 Å². The van der Waals surface area contributed by atoms with Gasteiger partial charge >= 0.3 is 0 Å². The van der Waals surface area contributed by atoms with Gasteiger partial charge in [-0.25, -0.2) is 4.98 Å². The van der Waals surface area contributed by atoms with Gasteiger partial charge in [-0.05, 0) is 24.3 Å². The van der Waals surface area contributed by atoms with Gasteiger partial charge in [0.25, 0.3) is 17.7 Å². The van der Waals surface area contributed by atoms with Crippen LogP contribution in [-0.2, 0) is 24.3 Å². The lowest BCUT2D eigenvalue weighted by Gasteiger charge is -2.22. The Kier molecular flexibility index (Phi) is 8.05. The van der Waals surface area contributed by atoms with E-state index in [0.717, 1.165) is 37.4 Å². The molecule has 3 N–H and O–H groups in total. The average Bonchev–Trinajstić information content (AvgIpc) is 3.54. The summed E-state index contributed by atoms with van der Waals surface area (Å²) in [5, 5.41) is 9.19. The summed E-state index contributed by atoms with van der Waals surface area (Å²) in [7, 11) is 3.02. The van der Waals surface area contributed by atoms with Crippen LogP contribution in [0.5, 0.6) is 23.0 Å². The zero-order valence-electron chi connectivity index (χ0n) is 24.1. The maximum atomic E-state index is 13.6. The van der Waals surface area contributed by atoms with Crippen LogP contribution in [0.2, 0.25) is 0 Å². The molecular weight excluding hydrogens is 556 g/mol. The van der Waals surface area contributed by atoms with Crippen LogP contribution in [-0.4, -0.2) is 91.3 Å². The first-order valence-electron chi connectivity index (χ1n) is 14.2. The van der Waals surface area contributed by atoms with Crippen molar-refractivity contribution in [3.63, 3.8) is 0 Å². The summed E-state index contributed by atoms with van der Waals surface area (Å²) in [5.74, 6) is 1.64. The Morgan fingerprint density at radius 1 is 1.05 bits per heavy atom. The molecule has 4 aliphatic heterocycles. The summed E-state index contributed by atoms with van der Waals surface area (Å²) in [6.07, 6.45) is 1.98. The number of carbonyl (C=O) groups excluding carboxylic acids is 3. The number of benzene rings is 2. The van der Waals surface area contributed by atoms with Crippen molar-refractivity contribution in [3.05, 3.63) is 65.2 Å². The van der Waals surface area contributed by atoms with Crippen molar-refractivity contribution in [2.75, 3.05) is 47.0 Å². The maximum absolute atomic E-state index is 13.6. The molecule has 5 heterocycles. The third-order valence-electron chi connectivity index (χ3n) is 7.77. The van der Waals surface area contributed by atoms with Crippen molar-refractivity contribution >= 4 is 17.7 Å². The zero-order valence-corrected chi connectivity index (χ0v) is 24.1. The molecule has 4 aliphatic rings. The van der Waals surface area contributed by atoms with Gasteiger partial charge in [-0.2, -0.15) is 0 Å². The summed E-state index contributed by atoms with van der Waals surface area (Å²) in [5.41, 5.74) is 1.40. The number of methoxy groups -OCH3 is 2. The summed E-state index contributed by atoms with van der Waals surface area (Å²) < 4.78 is 25.0. The first-order chi connectivity index (χ1) is 20.9. The number of nitrogens with zero attached hydrogens (tertiary/aromatic N) is 3. The summed E-state index contributed by atoms with van der Waals surface area (Å²) in [4.78, 5) is 46.0. The van der Waals surface area contributed by atoms with Crippen LogP contribution in [0.15, 0.2) is 42.6 Å². The molecule has 0 radical (unpaired) electrons. The molecule has 3 amide bonds. The molecule has 43 heavy (non-hydrogen) atoms. The predicted octanol–water partition coefficient (Wildman–Crippen LogP) is 0.757. The highest BCUT2D eigenvalue weighted by Gasteiger charge is 2.39. The topological polar surface area (TPSA) is 145 Å². The Morgan fingerprint density at radius 3 is 2.77 bits per heavy atom. The Bertz CT molecular complexity index is 1520. The van der Waals surface area contributed by atoms with E-state index in [1.54, 1.807) is 47.5 Å². The lowest BCUT2D eigenvalue weighted by Crippen LogP contribution is -2.45. The van der Waals surface area contributed by atoms with E-state index in [4.69, 9.17) is 18.9 Å². The molecule has 0 saturated carbocycles. The number of aromatic nitrogens is 2. The highest BCUT2D eigenvalue weighted by atomic mass is 16.5. The molecule has 226 valence electrons. The highest BCUT2D eigenvalue weighted by Crippen LogP contribution is 2.29. The minimum absolute atomic E-state index is 0.216. The monoisotopic (exact) mass is 590 g/mol. The molecule has 1 aromatic heterocycles. The molecule has 4 bridgehead atoms. The Hall–Kier alpha value is -4.78. The minimum atomic E-state index is -0.565.